The largest absolute Gasteiger partial charge is 0.452 e. The molecule has 0 spiro atoms. The second kappa shape index (κ2) is 8.19. The molecule has 5 heteroatoms. The van der Waals surface area contributed by atoms with E-state index in [1.807, 2.05) is 6.07 Å². The van der Waals surface area contributed by atoms with Gasteiger partial charge in [-0.05, 0) is 24.5 Å². The van der Waals surface area contributed by atoms with Gasteiger partial charge in [-0.1, -0.05) is 26.0 Å². The van der Waals surface area contributed by atoms with Crippen LogP contribution in [0.1, 0.15) is 30.6 Å². The Morgan fingerprint density at radius 3 is 2.60 bits per heavy atom. The Kier molecular flexibility index (Phi) is 6.56. The highest BCUT2D eigenvalue weighted by Gasteiger charge is 2.13. The number of hydrogen-bond donors (Lipinski definition) is 2. The molecular weight excluding hydrogens is 256 g/mol. The first-order chi connectivity index (χ1) is 9.54. The Morgan fingerprint density at radius 1 is 1.25 bits per heavy atom. The van der Waals surface area contributed by atoms with Crippen molar-refractivity contribution in [3.05, 3.63) is 29.8 Å². The number of esters is 1. The molecule has 0 heterocycles. The Labute approximate surface area is 119 Å². The number of rotatable bonds is 7. The van der Waals surface area contributed by atoms with Gasteiger partial charge in [-0.25, -0.2) is 4.79 Å². The number of nitrogens with one attached hydrogen (secondary N) is 2. The summed E-state index contributed by atoms with van der Waals surface area (Å²) in [4.78, 5) is 23.4. The third-order valence-electron chi connectivity index (χ3n) is 2.79. The molecule has 1 amide bonds. The summed E-state index contributed by atoms with van der Waals surface area (Å²) in [6.45, 7) is 4.51. The van der Waals surface area contributed by atoms with Gasteiger partial charge in [0, 0.05) is 19.3 Å². The van der Waals surface area contributed by atoms with Gasteiger partial charge in [0.05, 0.1) is 5.56 Å². The number of amides is 1. The van der Waals surface area contributed by atoms with Crippen LogP contribution in [0.25, 0.3) is 0 Å². The molecule has 0 saturated carbocycles. The summed E-state index contributed by atoms with van der Waals surface area (Å²) < 4.78 is 5.00. The van der Waals surface area contributed by atoms with Crippen molar-refractivity contribution in [3.8, 4) is 0 Å². The SMILES string of the molecule is CNc1ccccc1C(=O)OCC(=O)NCCC(C)C. The van der Waals surface area contributed by atoms with Crippen LogP contribution in [-0.2, 0) is 9.53 Å². The summed E-state index contributed by atoms with van der Waals surface area (Å²) in [5, 5.41) is 5.63. The van der Waals surface area contributed by atoms with Gasteiger partial charge >= 0.3 is 5.97 Å². The van der Waals surface area contributed by atoms with Gasteiger partial charge in [0.25, 0.3) is 5.91 Å². The van der Waals surface area contributed by atoms with Crippen LogP contribution in [0.4, 0.5) is 5.69 Å². The van der Waals surface area contributed by atoms with Gasteiger partial charge in [-0.15, -0.1) is 0 Å². The molecule has 0 bridgehead atoms. The number of carbonyl (C=O) groups excluding carboxylic acids is 2. The molecule has 20 heavy (non-hydrogen) atoms. The van der Waals surface area contributed by atoms with Crippen molar-refractivity contribution >= 4 is 17.6 Å². The molecule has 0 unspecified atom stereocenters. The molecule has 0 aliphatic heterocycles. The van der Waals surface area contributed by atoms with E-state index in [0.717, 1.165) is 6.42 Å². The van der Waals surface area contributed by atoms with Crippen molar-refractivity contribution in [2.75, 3.05) is 25.5 Å². The fraction of sp³-hybridized carbons (Fsp3) is 0.467. The molecule has 5 nitrogen and oxygen atoms in total. The summed E-state index contributed by atoms with van der Waals surface area (Å²) in [5.41, 5.74) is 1.10. The minimum atomic E-state index is -0.506. The van der Waals surface area contributed by atoms with Gasteiger partial charge in [0.2, 0.25) is 0 Å². The minimum Gasteiger partial charge on any atom is -0.452 e. The average molecular weight is 278 g/mol. The van der Waals surface area contributed by atoms with Crippen molar-refractivity contribution in [1.82, 2.24) is 5.32 Å². The van der Waals surface area contributed by atoms with Gasteiger partial charge < -0.3 is 15.4 Å². The summed E-state index contributed by atoms with van der Waals surface area (Å²) in [5.74, 6) is -0.254. The fourth-order valence-electron chi connectivity index (χ4n) is 1.64. The zero-order chi connectivity index (χ0) is 15.0. The molecular formula is C15H22N2O3. The van der Waals surface area contributed by atoms with Crippen LogP contribution < -0.4 is 10.6 Å². The molecule has 2 N–H and O–H groups in total. The zero-order valence-electron chi connectivity index (χ0n) is 12.2. The second-order valence-electron chi connectivity index (χ2n) is 4.90. The van der Waals surface area contributed by atoms with E-state index in [2.05, 4.69) is 24.5 Å². The molecule has 1 aromatic carbocycles. The molecule has 1 aromatic rings. The third kappa shape index (κ3) is 5.30. The minimum absolute atomic E-state index is 0.255. The summed E-state index contributed by atoms with van der Waals surface area (Å²) in [6.07, 6.45) is 0.905. The van der Waals surface area contributed by atoms with Gasteiger partial charge in [0.15, 0.2) is 6.61 Å². The van der Waals surface area contributed by atoms with Crippen LogP contribution in [0.3, 0.4) is 0 Å². The maximum atomic E-state index is 11.9. The maximum Gasteiger partial charge on any atom is 0.340 e. The fourth-order valence-corrected chi connectivity index (χ4v) is 1.64. The predicted octanol–water partition coefficient (Wildman–Crippen LogP) is 2.05. The second-order valence-corrected chi connectivity index (χ2v) is 4.90. The standard InChI is InChI=1S/C15H22N2O3/c1-11(2)8-9-17-14(18)10-20-15(19)12-6-4-5-7-13(12)16-3/h4-7,11,16H,8-10H2,1-3H3,(H,17,18). The highest BCUT2D eigenvalue weighted by atomic mass is 16.5. The van der Waals surface area contributed by atoms with E-state index in [-0.39, 0.29) is 12.5 Å². The molecule has 0 radical (unpaired) electrons. The predicted molar refractivity (Wildman–Crippen MR) is 78.7 cm³/mol. The van der Waals surface area contributed by atoms with Crippen molar-refractivity contribution in [2.24, 2.45) is 5.92 Å². The molecule has 0 fully saturated rings. The average Bonchev–Trinajstić information content (AvgIpc) is 2.44. The van der Waals surface area contributed by atoms with E-state index in [9.17, 15) is 9.59 Å². The Bertz CT molecular complexity index is 458. The first-order valence-corrected chi connectivity index (χ1v) is 6.75. The molecule has 1 rings (SSSR count). The van der Waals surface area contributed by atoms with Crippen LogP contribution in [0, 0.1) is 5.92 Å². The summed E-state index contributed by atoms with van der Waals surface area (Å²) >= 11 is 0. The van der Waals surface area contributed by atoms with Gasteiger partial charge in [-0.3, -0.25) is 4.79 Å². The number of ether oxygens (including phenoxy) is 1. The van der Waals surface area contributed by atoms with Crippen molar-refractivity contribution in [1.29, 1.82) is 0 Å². The monoisotopic (exact) mass is 278 g/mol. The van der Waals surface area contributed by atoms with E-state index >= 15 is 0 Å². The highest BCUT2D eigenvalue weighted by Crippen LogP contribution is 2.14. The zero-order valence-corrected chi connectivity index (χ0v) is 12.2. The van der Waals surface area contributed by atoms with E-state index in [4.69, 9.17) is 4.74 Å². The van der Waals surface area contributed by atoms with Crippen LogP contribution >= 0.6 is 0 Å². The topological polar surface area (TPSA) is 67.4 Å². The van der Waals surface area contributed by atoms with Crippen LogP contribution in [0.2, 0.25) is 0 Å². The van der Waals surface area contributed by atoms with Crippen LogP contribution in [0.5, 0.6) is 0 Å². The quantitative estimate of drug-likeness (QED) is 0.749. The summed E-state index contributed by atoms with van der Waals surface area (Å²) in [7, 11) is 1.73. The van der Waals surface area contributed by atoms with E-state index in [0.29, 0.717) is 23.7 Å². The first-order valence-electron chi connectivity index (χ1n) is 6.75. The smallest absolute Gasteiger partial charge is 0.340 e. The molecule has 0 atom stereocenters. The number of para-hydroxylation sites is 1. The normalized spacial score (nSPS) is 10.2. The number of carbonyl (C=O) groups is 2. The molecule has 0 aromatic heterocycles. The Hall–Kier alpha value is -2.04. The molecule has 110 valence electrons. The summed E-state index contributed by atoms with van der Waals surface area (Å²) in [6, 6.07) is 7.01. The Morgan fingerprint density at radius 2 is 1.95 bits per heavy atom. The van der Waals surface area contributed by atoms with Crippen molar-refractivity contribution in [2.45, 2.75) is 20.3 Å². The highest BCUT2D eigenvalue weighted by molar-refractivity contribution is 5.96. The lowest BCUT2D eigenvalue weighted by Gasteiger charge is -2.10. The molecule has 0 saturated heterocycles. The van der Waals surface area contributed by atoms with Gasteiger partial charge in [-0.2, -0.15) is 0 Å². The number of anilines is 1. The lowest BCUT2D eigenvalue weighted by Crippen LogP contribution is -2.30. The number of hydrogen-bond acceptors (Lipinski definition) is 4. The van der Waals surface area contributed by atoms with E-state index in [1.54, 1.807) is 25.2 Å². The van der Waals surface area contributed by atoms with E-state index in [1.165, 1.54) is 0 Å². The lowest BCUT2D eigenvalue weighted by atomic mass is 10.1. The lowest BCUT2D eigenvalue weighted by molar-refractivity contribution is -0.124. The molecule has 0 aliphatic carbocycles. The van der Waals surface area contributed by atoms with Crippen LogP contribution in [-0.4, -0.2) is 32.1 Å². The number of benzene rings is 1. The Balaban J connectivity index is 2.41. The van der Waals surface area contributed by atoms with Crippen LogP contribution in [0.15, 0.2) is 24.3 Å². The third-order valence-corrected chi connectivity index (χ3v) is 2.79. The van der Waals surface area contributed by atoms with E-state index < -0.39 is 5.97 Å². The first kappa shape index (κ1) is 16.0. The van der Waals surface area contributed by atoms with Crippen molar-refractivity contribution < 1.29 is 14.3 Å². The van der Waals surface area contributed by atoms with Gasteiger partial charge in [0.1, 0.15) is 0 Å². The molecule has 0 aliphatic rings. The maximum absolute atomic E-state index is 11.9. The van der Waals surface area contributed by atoms with Crippen molar-refractivity contribution in [3.63, 3.8) is 0 Å².